The Hall–Kier alpha value is -2.44. The van der Waals surface area contributed by atoms with Gasteiger partial charge in [0.05, 0.1) is 27.9 Å². The second kappa shape index (κ2) is 10.4. The van der Waals surface area contributed by atoms with Crippen molar-refractivity contribution in [2.24, 2.45) is 0 Å². The summed E-state index contributed by atoms with van der Waals surface area (Å²) >= 11 is 0. The van der Waals surface area contributed by atoms with Crippen LogP contribution in [0.2, 0.25) is 0 Å². The molecule has 7 nitrogen and oxygen atoms in total. The second-order valence-corrected chi connectivity index (χ2v) is 5.48. The van der Waals surface area contributed by atoms with E-state index in [4.69, 9.17) is 14.2 Å². The highest BCUT2D eigenvalue weighted by Gasteiger charge is 2.18. The summed E-state index contributed by atoms with van der Waals surface area (Å²) in [5.74, 6) is 0.716. The highest BCUT2D eigenvalue weighted by molar-refractivity contribution is 5.97. The smallest absolute Gasteiger partial charge is 0.251 e. The molecule has 25 heavy (non-hydrogen) atoms. The number of nitrogens with zero attached hydrogens (tertiary/aromatic N) is 1. The molecule has 0 aliphatic rings. The first-order chi connectivity index (χ1) is 12.0. The number of carbonyl (C=O) groups excluding carboxylic acids is 2. The number of carbonyl (C=O) groups is 2. The van der Waals surface area contributed by atoms with Gasteiger partial charge in [-0.15, -0.1) is 0 Å². The average Bonchev–Trinajstić information content (AvgIpc) is 2.64. The van der Waals surface area contributed by atoms with E-state index in [0.717, 1.165) is 12.8 Å². The molecule has 1 aromatic carbocycles. The summed E-state index contributed by atoms with van der Waals surface area (Å²) in [6.45, 7) is 5.36. The van der Waals surface area contributed by atoms with Gasteiger partial charge in [0.2, 0.25) is 11.7 Å². The van der Waals surface area contributed by atoms with Gasteiger partial charge in [0.1, 0.15) is 0 Å². The van der Waals surface area contributed by atoms with Crippen LogP contribution in [0.15, 0.2) is 12.1 Å². The molecule has 2 amide bonds. The van der Waals surface area contributed by atoms with Crippen LogP contribution in [-0.4, -0.2) is 57.7 Å². The first kappa shape index (κ1) is 20.6. The fraction of sp³-hybridized carbons (Fsp3) is 0.556. The summed E-state index contributed by atoms with van der Waals surface area (Å²) in [6.07, 6.45) is 1.76. The van der Waals surface area contributed by atoms with Gasteiger partial charge in [0, 0.05) is 18.7 Å². The van der Waals surface area contributed by atoms with Crippen LogP contribution in [0.5, 0.6) is 17.2 Å². The van der Waals surface area contributed by atoms with Crippen LogP contribution in [0.1, 0.15) is 37.0 Å². The molecule has 0 saturated carbocycles. The molecule has 0 radical (unpaired) electrons. The summed E-state index contributed by atoms with van der Waals surface area (Å²) in [5.41, 5.74) is 0.333. The van der Waals surface area contributed by atoms with Crippen molar-refractivity contribution >= 4 is 11.8 Å². The Morgan fingerprint density at radius 2 is 1.48 bits per heavy atom. The number of nitrogens with one attached hydrogen (secondary N) is 1. The zero-order valence-electron chi connectivity index (χ0n) is 15.7. The van der Waals surface area contributed by atoms with Gasteiger partial charge >= 0.3 is 0 Å². The minimum atomic E-state index is -0.374. The average molecular weight is 352 g/mol. The molecule has 1 N–H and O–H groups in total. The van der Waals surface area contributed by atoms with Crippen molar-refractivity contribution in [1.82, 2.24) is 10.2 Å². The minimum Gasteiger partial charge on any atom is -0.493 e. The van der Waals surface area contributed by atoms with E-state index in [1.165, 1.54) is 21.3 Å². The third kappa shape index (κ3) is 5.55. The number of benzene rings is 1. The number of hydrogen-bond donors (Lipinski definition) is 1. The molecule has 0 unspecified atom stereocenters. The third-order valence-electron chi connectivity index (χ3n) is 3.67. The fourth-order valence-electron chi connectivity index (χ4n) is 2.48. The van der Waals surface area contributed by atoms with E-state index in [1.54, 1.807) is 17.0 Å². The highest BCUT2D eigenvalue weighted by atomic mass is 16.5. The maximum atomic E-state index is 12.4. The Bertz CT molecular complexity index is 558. The van der Waals surface area contributed by atoms with Gasteiger partial charge in [0.15, 0.2) is 11.5 Å². The van der Waals surface area contributed by atoms with Crippen molar-refractivity contribution in [2.45, 2.75) is 26.7 Å². The van der Waals surface area contributed by atoms with Gasteiger partial charge in [-0.3, -0.25) is 9.59 Å². The summed E-state index contributed by atoms with van der Waals surface area (Å²) < 4.78 is 15.7. The number of rotatable bonds is 10. The summed E-state index contributed by atoms with van der Waals surface area (Å²) in [7, 11) is 4.46. The zero-order valence-corrected chi connectivity index (χ0v) is 15.7. The van der Waals surface area contributed by atoms with Crippen molar-refractivity contribution in [1.29, 1.82) is 0 Å². The predicted octanol–water partition coefficient (Wildman–Crippen LogP) is 2.09. The normalized spacial score (nSPS) is 10.1. The van der Waals surface area contributed by atoms with E-state index >= 15 is 0 Å². The van der Waals surface area contributed by atoms with Crippen molar-refractivity contribution in [2.75, 3.05) is 41.0 Å². The largest absolute Gasteiger partial charge is 0.493 e. The zero-order chi connectivity index (χ0) is 18.8. The molecule has 0 aromatic heterocycles. The van der Waals surface area contributed by atoms with Crippen LogP contribution >= 0.6 is 0 Å². The maximum Gasteiger partial charge on any atom is 0.251 e. The lowest BCUT2D eigenvalue weighted by atomic mass is 10.1. The molecule has 7 heteroatoms. The minimum absolute atomic E-state index is 0.0461. The summed E-state index contributed by atoms with van der Waals surface area (Å²) in [6, 6.07) is 3.11. The van der Waals surface area contributed by atoms with Gasteiger partial charge in [-0.2, -0.15) is 0 Å². The van der Waals surface area contributed by atoms with Gasteiger partial charge in [0.25, 0.3) is 5.91 Å². The number of methoxy groups -OCH3 is 3. The Morgan fingerprint density at radius 1 is 0.960 bits per heavy atom. The van der Waals surface area contributed by atoms with E-state index < -0.39 is 0 Å². The number of amides is 2. The number of ether oxygens (including phenoxy) is 3. The van der Waals surface area contributed by atoms with Crippen LogP contribution in [0.25, 0.3) is 0 Å². The van der Waals surface area contributed by atoms with E-state index in [2.05, 4.69) is 5.32 Å². The molecule has 0 atom stereocenters. The lowest BCUT2D eigenvalue weighted by Crippen LogP contribution is -2.41. The highest BCUT2D eigenvalue weighted by Crippen LogP contribution is 2.38. The Morgan fingerprint density at radius 3 is 1.88 bits per heavy atom. The topological polar surface area (TPSA) is 77.1 Å². The molecular weight excluding hydrogens is 324 g/mol. The number of hydrogen-bond acceptors (Lipinski definition) is 5. The van der Waals surface area contributed by atoms with Gasteiger partial charge in [-0.1, -0.05) is 13.8 Å². The van der Waals surface area contributed by atoms with Crippen molar-refractivity contribution in [3.63, 3.8) is 0 Å². The first-order valence-corrected chi connectivity index (χ1v) is 8.38. The Labute approximate surface area is 149 Å². The first-order valence-electron chi connectivity index (χ1n) is 8.38. The van der Waals surface area contributed by atoms with Crippen LogP contribution in [0.4, 0.5) is 0 Å². The van der Waals surface area contributed by atoms with E-state index in [9.17, 15) is 9.59 Å². The molecular formula is C18H28N2O5. The summed E-state index contributed by atoms with van der Waals surface area (Å²) in [5, 5.41) is 2.65. The summed E-state index contributed by atoms with van der Waals surface area (Å²) in [4.78, 5) is 26.4. The molecule has 0 aliphatic heterocycles. The Balaban J connectivity index is 2.85. The molecule has 140 valence electrons. The molecule has 0 spiro atoms. The van der Waals surface area contributed by atoms with Crippen LogP contribution in [0, 0.1) is 0 Å². The predicted molar refractivity (Wildman–Crippen MR) is 95.6 cm³/mol. The van der Waals surface area contributed by atoms with Crippen molar-refractivity contribution in [3.8, 4) is 17.2 Å². The molecule has 0 saturated heterocycles. The monoisotopic (exact) mass is 352 g/mol. The third-order valence-corrected chi connectivity index (χ3v) is 3.67. The Kier molecular flexibility index (Phi) is 8.60. The van der Waals surface area contributed by atoms with Gasteiger partial charge in [-0.25, -0.2) is 0 Å². The van der Waals surface area contributed by atoms with Crippen molar-refractivity contribution in [3.05, 3.63) is 17.7 Å². The lowest BCUT2D eigenvalue weighted by molar-refractivity contribution is -0.130. The van der Waals surface area contributed by atoms with Crippen LogP contribution < -0.4 is 19.5 Å². The molecule has 0 aliphatic carbocycles. The molecule has 1 rings (SSSR count). The standard InChI is InChI=1S/C18H28N2O5/c1-6-8-20(9-7-2)16(21)12-19-18(22)13-10-14(23-3)17(25-5)15(11-13)24-4/h10-11H,6-9,12H2,1-5H3,(H,19,22). The molecule has 0 heterocycles. The van der Waals surface area contributed by atoms with Crippen LogP contribution in [-0.2, 0) is 4.79 Å². The van der Waals surface area contributed by atoms with Gasteiger partial charge in [-0.05, 0) is 25.0 Å². The fourth-order valence-corrected chi connectivity index (χ4v) is 2.48. The molecule has 1 aromatic rings. The molecule has 0 bridgehead atoms. The van der Waals surface area contributed by atoms with E-state index in [0.29, 0.717) is 35.9 Å². The SMILES string of the molecule is CCCN(CCC)C(=O)CNC(=O)c1cc(OC)c(OC)c(OC)c1. The van der Waals surface area contributed by atoms with Gasteiger partial charge < -0.3 is 24.4 Å². The van der Waals surface area contributed by atoms with Crippen molar-refractivity contribution < 1.29 is 23.8 Å². The molecule has 0 fully saturated rings. The quantitative estimate of drug-likeness (QED) is 0.698. The maximum absolute atomic E-state index is 12.4. The van der Waals surface area contributed by atoms with E-state index in [1.807, 2.05) is 13.8 Å². The second-order valence-electron chi connectivity index (χ2n) is 5.48. The van der Waals surface area contributed by atoms with E-state index in [-0.39, 0.29) is 18.4 Å². The lowest BCUT2D eigenvalue weighted by Gasteiger charge is -2.21. The van der Waals surface area contributed by atoms with Crippen LogP contribution in [0.3, 0.4) is 0 Å².